The van der Waals surface area contributed by atoms with Gasteiger partial charge in [0.15, 0.2) is 0 Å². The summed E-state index contributed by atoms with van der Waals surface area (Å²) >= 11 is 0. The number of benzene rings is 1. The zero-order valence-electron chi connectivity index (χ0n) is 17.0. The molecule has 28 heavy (non-hydrogen) atoms. The van der Waals surface area contributed by atoms with Crippen LogP contribution < -0.4 is 4.74 Å². The summed E-state index contributed by atoms with van der Waals surface area (Å²) in [5.41, 5.74) is 4.54. The summed E-state index contributed by atoms with van der Waals surface area (Å²) in [6.45, 7) is 3.79. The number of piperidine rings is 1. The van der Waals surface area contributed by atoms with E-state index in [1.54, 1.807) is 7.11 Å². The molecule has 0 unspecified atom stereocenters. The van der Waals surface area contributed by atoms with Crippen LogP contribution in [-0.2, 0) is 4.79 Å². The lowest BCUT2D eigenvalue weighted by atomic mass is 9.90. The molecule has 1 aromatic heterocycles. The lowest BCUT2D eigenvalue weighted by Crippen LogP contribution is -2.40. The van der Waals surface area contributed by atoms with E-state index in [0.717, 1.165) is 61.5 Å². The Labute approximate surface area is 167 Å². The van der Waals surface area contributed by atoms with E-state index < -0.39 is 0 Å². The number of hydrogen-bond acceptors (Lipinski definition) is 3. The summed E-state index contributed by atoms with van der Waals surface area (Å²) in [6, 6.07) is 12.5. The molecule has 0 radical (unpaired) electrons. The van der Waals surface area contributed by atoms with E-state index in [9.17, 15) is 4.79 Å². The first-order valence-electron chi connectivity index (χ1n) is 10.6. The fourth-order valence-electron chi connectivity index (χ4n) is 4.70. The Morgan fingerprint density at radius 2 is 1.79 bits per heavy atom. The Hall–Kier alpha value is -2.36. The molecule has 1 saturated carbocycles. The van der Waals surface area contributed by atoms with Crippen LogP contribution >= 0.6 is 0 Å². The van der Waals surface area contributed by atoms with Crippen molar-refractivity contribution in [1.29, 1.82) is 0 Å². The van der Waals surface area contributed by atoms with E-state index >= 15 is 0 Å². The summed E-state index contributed by atoms with van der Waals surface area (Å²) in [7, 11) is 1.70. The molecule has 2 fully saturated rings. The van der Waals surface area contributed by atoms with Gasteiger partial charge in [-0.1, -0.05) is 25.0 Å². The average molecular weight is 379 g/mol. The minimum atomic E-state index is 0.285. The smallest absolute Gasteiger partial charge is 0.225 e. The molecule has 2 aliphatic rings. The van der Waals surface area contributed by atoms with Gasteiger partial charge in [-0.05, 0) is 68.0 Å². The molecule has 0 atom stereocenters. The molecule has 4 heteroatoms. The molecular weight excluding hydrogens is 348 g/mol. The molecule has 4 rings (SSSR count). The van der Waals surface area contributed by atoms with Crippen molar-refractivity contribution in [2.24, 2.45) is 5.92 Å². The number of aromatic nitrogens is 1. The highest BCUT2D eigenvalue weighted by Crippen LogP contribution is 2.33. The van der Waals surface area contributed by atoms with Crippen molar-refractivity contribution in [3.63, 3.8) is 0 Å². The number of hydrogen-bond donors (Lipinski definition) is 0. The van der Waals surface area contributed by atoms with Crippen LogP contribution in [0.3, 0.4) is 0 Å². The molecule has 148 valence electrons. The number of nitrogens with zero attached hydrogens (tertiary/aromatic N) is 2. The van der Waals surface area contributed by atoms with E-state index in [4.69, 9.17) is 9.72 Å². The summed E-state index contributed by atoms with van der Waals surface area (Å²) in [5.74, 6) is 1.97. The molecule has 4 nitrogen and oxygen atoms in total. The van der Waals surface area contributed by atoms with Gasteiger partial charge >= 0.3 is 0 Å². The first-order valence-corrected chi connectivity index (χ1v) is 10.6. The van der Waals surface area contributed by atoms with Gasteiger partial charge < -0.3 is 9.64 Å². The Bertz CT molecular complexity index is 834. The molecule has 1 aliphatic heterocycles. The Morgan fingerprint density at radius 1 is 1.04 bits per heavy atom. The molecule has 0 bridgehead atoms. The maximum Gasteiger partial charge on any atom is 0.225 e. The van der Waals surface area contributed by atoms with E-state index in [1.165, 1.54) is 18.4 Å². The second-order valence-electron chi connectivity index (χ2n) is 8.23. The molecule has 1 aliphatic carbocycles. The maximum absolute atomic E-state index is 12.7. The SMILES string of the molecule is COc1cccc(-c2cc(C)nc(C3CCN(C(=O)C4CCCC4)CC3)c2)c1. The van der Waals surface area contributed by atoms with Gasteiger partial charge in [-0.2, -0.15) is 0 Å². The van der Waals surface area contributed by atoms with Crippen LogP contribution in [0.5, 0.6) is 5.75 Å². The largest absolute Gasteiger partial charge is 0.497 e. The number of methoxy groups -OCH3 is 1. The average Bonchev–Trinajstić information content (AvgIpc) is 3.28. The highest BCUT2D eigenvalue weighted by Gasteiger charge is 2.30. The standard InChI is InChI=1S/C24H30N2O2/c1-17-14-21(20-8-5-9-22(15-20)28-2)16-23(25-17)18-10-12-26(13-11-18)24(27)19-6-3-4-7-19/h5,8-9,14-16,18-19H,3-4,6-7,10-13H2,1-2H3. The minimum Gasteiger partial charge on any atom is -0.497 e. The molecule has 1 saturated heterocycles. The Morgan fingerprint density at radius 3 is 2.50 bits per heavy atom. The van der Waals surface area contributed by atoms with Gasteiger partial charge in [-0.15, -0.1) is 0 Å². The Balaban J connectivity index is 1.47. The number of aryl methyl sites for hydroxylation is 1. The lowest BCUT2D eigenvalue weighted by Gasteiger charge is -2.33. The number of carbonyl (C=O) groups is 1. The van der Waals surface area contributed by atoms with Crippen LogP contribution in [0.1, 0.15) is 55.8 Å². The van der Waals surface area contributed by atoms with Crippen LogP contribution in [0.25, 0.3) is 11.1 Å². The molecule has 1 amide bonds. The number of pyridine rings is 1. The van der Waals surface area contributed by atoms with Crippen molar-refractivity contribution in [3.05, 3.63) is 47.8 Å². The van der Waals surface area contributed by atoms with Crippen LogP contribution in [0.2, 0.25) is 0 Å². The number of amides is 1. The van der Waals surface area contributed by atoms with Crippen molar-refractivity contribution in [1.82, 2.24) is 9.88 Å². The first kappa shape index (κ1) is 19.0. The number of rotatable bonds is 4. The fraction of sp³-hybridized carbons (Fsp3) is 0.500. The predicted molar refractivity (Wildman–Crippen MR) is 111 cm³/mol. The van der Waals surface area contributed by atoms with Gasteiger partial charge in [-0.3, -0.25) is 9.78 Å². The van der Waals surface area contributed by atoms with Gasteiger partial charge in [0, 0.05) is 36.3 Å². The van der Waals surface area contributed by atoms with Gasteiger partial charge in [0.2, 0.25) is 5.91 Å². The van der Waals surface area contributed by atoms with Gasteiger partial charge in [0.1, 0.15) is 5.75 Å². The summed E-state index contributed by atoms with van der Waals surface area (Å²) in [4.78, 5) is 19.6. The van der Waals surface area contributed by atoms with Crippen LogP contribution in [0.15, 0.2) is 36.4 Å². The first-order chi connectivity index (χ1) is 13.6. The van der Waals surface area contributed by atoms with Crippen molar-refractivity contribution in [3.8, 4) is 16.9 Å². The van der Waals surface area contributed by atoms with Crippen molar-refractivity contribution >= 4 is 5.91 Å². The highest BCUT2D eigenvalue weighted by atomic mass is 16.5. The third-order valence-corrected chi connectivity index (χ3v) is 6.31. The lowest BCUT2D eigenvalue weighted by molar-refractivity contribution is -0.136. The second-order valence-corrected chi connectivity index (χ2v) is 8.23. The molecule has 2 aromatic rings. The highest BCUT2D eigenvalue weighted by molar-refractivity contribution is 5.79. The minimum absolute atomic E-state index is 0.285. The maximum atomic E-state index is 12.7. The zero-order chi connectivity index (χ0) is 19.5. The summed E-state index contributed by atoms with van der Waals surface area (Å²) in [6.07, 6.45) is 6.61. The van der Waals surface area contributed by atoms with Crippen LogP contribution in [0, 0.1) is 12.8 Å². The molecule has 0 spiro atoms. The van der Waals surface area contributed by atoms with Gasteiger partial charge in [0.25, 0.3) is 0 Å². The van der Waals surface area contributed by atoms with E-state index in [1.807, 2.05) is 12.1 Å². The number of ether oxygens (including phenoxy) is 1. The second kappa shape index (κ2) is 8.34. The predicted octanol–water partition coefficient (Wildman–Crippen LogP) is 4.96. The van der Waals surface area contributed by atoms with Crippen molar-refractivity contribution in [2.75, 3.05) is 20.2 Å². The Kier molecular flexibility index (Phi) is 5.65. The molecule has 1 aromatic carbocycles. The van der Waals surface area contributed by atoms with Gasteiger partial charge in [0.05, 0.1) is 7.11 Å². The molecule has 2 heterocycles. The summed E-state index contributed by atoms with van der Waals surface area (Å²) in [5, 5.41) is 0. The van der Waals surface area contributed by atoms with Crippen molar-refractivity contribution < 1.29 is 9.53 Å². The van der Waals surface area contributed by atoms with E-state index in [0.29, 0.717) is 11.8 Å². The number of likely N-dealkylation sites (tertiary alicyclic amines) is 1. The normalized spacial score (nSPS) is 18.4. The van der Waals surface area contributed by atoms with Crippen LogP contribution in [0.4, 0.5) is 0 Å². The zero-order valence-corrected chi connectivity index (χ0v) is 17.0. The molecular formula is C24H30N2O2. The summed E-state index contributed by atoms with van der Waals surface area (Å²) < 4.78 is 5.38. The monoisotopic (exact) mass is 378 g/mol. The van der Waals surface area contributed by atoms with Crippen LogP contribution in [-0.4, -0.2) is 36.0 Å². The fourth-order valence-corrected chi connectivity index (χ4v) is 4.70. The third kappa shape index (κ3) is 4.06. The topological polar surface area (TPSA) is 42.4 Å². The number of carbonyl (C=O) groups excluding carboxylic acids is 1. The van der Waals surface area contributed by atoms with Crippen molar-refractivity contribution in [2.45, 2.75) is 51.4 Å². The van der Waals surface area contributed by atoms with Gasteiger partial charge in [-0.25, -0.2) is 0 Å². The molecule has 0 N–H and O–H groups in total. The third-order valence-electron chi connectivity index (χ3n) is 6.31. The quantitative estimate of drug-likeness (QED) is 0.755. The van der Waals surface area contributed by atoms with E-state index in [-0.39, 0.29) is 5.92 Å². The van der Waals surface area contributed by atoms with E-state index in [2.05, 4.69) is 36.1 Å².